The Morgan fingerprint density at radius 2 is 2.09 bits per heavy atom. The van der Waals surface area contributed by atoms with Crippen molar-refractivity contribution in [2.24, 2.45) is 0 Å². The van der Waals surface area contributed by atoms with Crippen LogP contribution in [0.25, 0.3) is 4.89 Å². The van der Waals surface area contributed by atoms with Crippen molar-refractivity contribution in [2.75, 3.05) is 13.2 Å². The quantitative estimate of drug-likeness (QED) is 0.508. The average Bonchev–Trinajstić information content (AvgIpc) is 1.92. The number of hydrogen-bond donors (Lipinski definition) is 0. The van der Waals surface area contributed by atoms with E-state index >= 15 is 0 Å². The van der Waals surface area contributed by atoms with Crippen LogP contribution in [0.1, 0.15) is 0 Å². The molecule has 1 aliphatic heterocycles. The van der Waals surface area contributed by atoms with Crippen LogP contribution in [-0.4, -0.2) is 25.8 Å². The van der Waals surface area contributed by atoms with Crippen LogP contribution in [0.3, 0.4) is 0 Å². The van der Waals surface area contributed by atoms with E-state index in [1.54, 1.807) is 0 Å². The predicted molar refractivity (Wildman–Crippen MR) is 33.4 cm³/mol. The lowest BCUT2D eigenvalue weighted by atomic mass is 10.8. The van der Waals surface area contributed by atoms with Crippen molar-refractivity contribution < 1.29 is 25.3 Å². The Kier molecular flexibility index (Phi) is 2.92. The van der Waals surface area contributed by atoms with Gasteiger partial charge in [0.2, 0.25) is 10.3 Å². The monoisotopic (exact) mass is 202 g/mol. The average molecular weight is 202 g/mol. The van der Waals surface area contributed by atoms with Gasteiger partial charge in [0, 0.05) is 0 Å². The second-order valence-corrected chi connectivity index (χ2v) is 3.46. The first-order chi connectivity index (χ1) is 5.10. The lowest BCUT2D eigenvalue weighted by molar-refractivity contribution is 0.201. The van der Waals surface area contributed by atoms with E-state index in [1.165, 1.54) is 0 Å². The van der Waals surface area contributed by atoms with Crippen molar-refractivity contribution in [3.63, 3.8) is 0 Å². The highest BCUT2D eigenvalue weighted by Gasteiger charge is 2.06. The summed E-state index contributed by atoms with van der Waals surface area (Å²) in [5.41, 5.74) is 0. The zero-order valence-corrected chi connectivity index (χ0v) is 6.76. The van der Waals surface area contributed by atoms with E-state index in [2.05, 4.69) is 17.5 Å². The first-order valence-electron chi connectivity index (χ1n) is 2.44. The molecule has 0 radical (unpaired) electrons. The molecule has 0 spiro atoms. The van der Waals surface area contributed by atoms with Crippen molar-refractivity contribution in [1.29, 1.82) is 0 Å². The first kappa shape index (κ1) is 9.03. The van der Waals surface area contributed by atoms with Gasteiger partial charge >= 0.3 is 0 Å². The summed E-state index contributed by atoms with van der Waals surface area (Å²) >= 11 is -2.14. The van der Waals surface area contributed by atoms with Gasteiger partial charge in [-0.15, -0.1) is 0 Å². The molecule has 1 aliphatic rings. The molecule has 0 aromatic rings. The third-order valence-electron chi connectivity index (χ3n) is 0.678. The van der Waals surface area contributed by atoms with E-state index in [0.717, 1.165) is 0 Å². The van der Waals surface area contributed by atoms with Crippen LogP contribution in [0.15, 0.2) is 0 Å². The van der Waals surface area contributed by atoms with Gasteiger partial charge in [-0.3, -0.25) is 8.37 Å². The second-order valence-electron chi connectivity index (χ2n) is 1.42. The van der Waals surface area contributed by atoms with Gasteiger partial charge in [0.05, 0.1) is 13.2 Å². The predicted octanol–water partition coefficient (Wildman–Crippen LogP) is -0.838. The van der Waals surface area contributed by atoms with Crippen LogP contribution in [0.4, 0.5) is 0 Å². The van der Waals surface area contributed by atoms with Crippen LogP contribution in [-0.2, 0) is 34.3 Å². The SMILES string of the molecule is O=S1OCCOS(=O)(=O)[N-]O1. The maximum Gasteiger partial charge on any atom is 0.288 e. The van der Waals surface area contributed by atoms with Crippen molar-refractivity contribution >= 4 is 21.7 Å². The molecule has 1 heterocycles. The van der Waals surface area contributed by atoms with Crippen molar-refractivity contribution in [3.05, 3.63) is 4.89 Å². The smallest absolute Gasteiger partial charge is 0.288 e. The molecule has 1 rings (SSSR count). The molecule has 1 atom stereocenters. The van der Waals surface area contributed by atoms with E-state index < -0.39 is 21.7 Å². The fourth-order valence-electron chi connectivity index (χ4n) is 0.347. The van der Waals surface area contributed by atoms with Gasteiger partial charge in [0.1, 0.15) is 0 Å². The minimum absolute atomic E-state index is 0.124. The van der Waals surface area contributed by atoms with Crippen LogP contribution in [0.2, 0.25) is 0 Å². The number of rotatable bonds is 0. The molecular weight excluding hydrogens is 198 g/mol. The van der Waals surface area contributed by atoms with E-state index in [4.69, 9.17) is 0 Å². The Balaban J connectivity index is 2.58. The van der Waals surface area contributed by atoms with Crippen LogP contribution in [0, 0.1) is 0 Å². The summed E-state index contributed by atoms with van der Waals surface area (Å²) < 4.78 is 43.6. The lowest BCUT2D eigenvalue weighted by Crippen LogP contribution is -2.16. The molecule has 0 aliphatic carbocycles. The summed E-state index contributed by atoms with van der Waals surface area (Å²) in [7, 11) is -4.05. The third kappa shape index (κ3) is 3.22. The van der Waals surface area contributed by atoms with Crippen molar-refractivity contribution in [3.8, 4) is 0 Å². The van der Waals surface area contributed by atoms with Crippen LogP contribution >= 0.6 is 0 Å². The van der Waals surface area contributed by atoms with E-state index in [0.29, 0.717) is 0 Å². The molecule has 0 bridgehead atoms. The van der Waals surface area contributed by atoms with E-state index in [1.807, 2.05) is 0 Å². The Hall–Kier alpha value is -0.0600. The maximum absolute atomic E-state index is 10.5. The summed E-state index contributed by atoms with van der Waals surface area (Å²) in [6.07, 6.45) is 0. The molecule has 11 heavy (non-hydrogen) atoms. The zero-order chi connectivity index (χ0) is 8.32. The van der Waals surface area contributed by atoms with Gasteiger partial charge in [-0.1, -0.05) is 0 Å². The molecule has 0 aromatic heterocycles. The standard InChI is InChI=1S/C2H4NO6S2/c4-10-7-1-2-8-11(5,6)3-9-10/h1-2H2/q-1. The summed E-state index contributed by atoms with van der Waals surface area (Å²) in [5, 5.41) is 0. The van der Waals surface area contributed by atoms with Crippen molar-refractivity contribution in [2.45, 2.75) is 0 Å². The summed E-state index contributed by atoms with van der Waals surface area (Å²) in [4.78, 5) is 2.52. The molecule has 0 amide bonds. The molecule has 0 aromatic carbocycles. The highest BCUT2D eigenvalue weighted by Crippen LogP contribution is 2.10. The molecule has 9 heteroatoms. The topological polar surface area (TPSA) is 93.0 Å². The summed E-state index contributed by atoms with van der Waals surface area (Å²) in [6, 6.07) is 0. The van der Waals surface area contributed by atoms with Crippen molar-refractivity contribution in [1.82, 2.24) is 0 Å². The van der Waals surface area contributed by atoms with Crippen LogP contribution in [0.5, 0.6) is 0 Å². The molecule has 7 nitrogen and oxygen atoms in total. The molecule has 1 saturated heterocycles. The Morgan fingerprint density at radius 1 is 1.36 bits per heavy atom. The molecule has 1 fully saturated rings. The molecule has 0 saturated carbocycles. The fourth-order valence-corrected chi connectivity index (χ4v) is 1.41. The Morgan fingerprint density at radius 3 is 2.82 bits per heavy atom. The van der Waals surface area contributed by atoms with E-state index in [-0.39, 0.29) is 13.2 Å². The van der Waals surface area contributed by atoms with Gasteiger partial charge in [-0.25, -0.2) is 8.42 Å². The van der Waals surface area contributed by atoms with Gasteiger partial charge in [0.25, 0.3) is 11.4 Å². The largest absolute Gasteiger partial charge is 0.379 e. The van der Waals surface area contributed by atoms with Crippen LogP contribution < -0.4 is 0 Å². The molecule has 0 N–H and O–H groups in total. The maximum atomic E-state index is 10.5. The van der Waals surface area contributed by atoms with Gasteiger partial charge < -0.3 is 9.17 Å². The Labute approximate surface area is 65.7 Å². The second kappa shape index (κ2) is 3.56. The first-order valence-corrected chi connectivity index (χ1v) is 4.81. The number of hydrogen-bond acceptors (Lipinski definition) is 6. The molecule has 66 valence electrons. The minimum Gasteiger partial charge on any atom is -0.379 e. The third-order valence-corrected chi connectivity index (χ3v) is 2.05. The highest BCUT2D eigenvalue weighted by atomic mass is 32.2. The van der Waals surface area contributed by atoms with E-state index in [9.17, 15) is 12.6 Å². The summed E-state index contributed by atoms with van der Waals surface area (Å²) in [6.45, 7) is -0.345. The number of nitrogens with zero attached hydrogens (tertiary/aromatic N) is 1. The minimum atomic E-state index is -4.05. The van der Waals surface area contributed by atoms with Gasteiger partial charge in [-0.05, 0) is 0 Å². The van der Waals surface area contributed by atoms with Gasteiger partial charge in [-0.2, -0.15) is 4.21 Å². The fraction of sp³-hybridized carbons (Fsp3) is 1.00. The lowest BCUT2D eigenvalue weighted by Gasteiger charge is -2.21. The Bertz CT molecular complexity index is 245. The zero-order valence-electron chi connectivity index (χ0n) is 5.13. The summed E-state index contributed by atoms with van der Waals surface area (Å²) in [5.74, 6) is 0. The normalized spacial score (nSPS) is 32.2. The molecular formula is C2H4NO6S2-. The molecule has 1 unspecified atom stereocenters. The highest BCUT2D eigenvalue weighted by molar-refractivity contribution is 7.89. The van der Waals surface area contributed by atoms with Gasteiger partial charge in [0.15, 0.2) is 0 Å².